The van der Waals surface area contributed by atoms with Crippen LogP contribution in [0.15, 0.2) is 0 Å². The highest BCUT2D eigenvalue weighted by molar-refractivity contribution is 8.00. The predicted octanol–water partition coefficient (Wildman–Crippen LogP) is 1.80. The van der Waals surface area contributed by atoms with Gasteiger partial charge in [-0.05, 0) is 26.0 Å². The van der Waals surface area contributed by atoms with Gasteiger partial charge in [0.15, 0.2) is 0 Å². The van der Waals surface area contributed by atoms with E-state index in [0.29, 0.717) is 11.7 Å². The van der Waals surface area contributed by atoms with Gasteiger partial charge < -0.3 is 10.5 Å². The highest BCUT2D eigenvalue weighted by Gasteiger charge is 2.51. The zero-order valence-electron chi connectivity index (χ0n) is 10.0. The summed E-state index contributed by atoms with van der Waals surface area (Å²) >= 11 is 1.90. The number of methoxy groups -OCH3 is 1. The van der Waals surface area contributed by atoms with Crippen LogP contribution < -0.4 is 5.73 Å². The van der Waals surface area contributed by atoms with Gasteiger partial charge in [0.2, 0.25) is 0 Å². The summed E-state index contributed by atoms with van der Waals surface area (Å²) in [5.41, 5.74) is 5.78. The van der Waals surface area contributed by atoms with E-state index in [1.165, 1.54) is 7.11 Å². The van der Waals surface area contributed by atoms with Crippen LogP contribution in [-0.4, -0.2) is 29.6 Å². The van der Waals surface area contributed by atoms with Crippen LogP contribution in [0.25, 0.3) is 0 Å². The van der Waals surface area contributed by atoms with Crippen LogP contribution in [0.5, 0.6) is 0 Å². The van der Waals surface area contributed by atoms with Gasteiger partial charge in [-0.1, -0.05) is 6.92 Å². The van der Waals surface area contributed by atoms with E-state index < -0.39 is 0 Å². The third-order valence-corrected chi connectivity index (χ3v) is 5.06. The van der Waals surface area contributed by atoms with Crippen LogP contribution in [0.4, 0.5) is 0 Å². The lowest BCUT2D eigenvalue weighted by Crippen LogP contribution is -2.54. The molecule has 15 heavy (non-hydrogen) atoms. The number of nitrogens with two attached hydrogens (primary N) is 1. The van der Waals surface area contributed by atoms with Crippen molar-refractivity contribution in [1.82, 2.24) is 0 Å². The van der Waals surface area contributed by atoms with Crippen molar-refractivity contribution in [2.45, 2.75) is 44.4 Å². The molecule has 2 unspecified atom stereocenters. The zero-order valence-corrected chi connectivity index (χ0v) is 10.8. The van der Waals surface area contributed by atoms with Gasteiger partial charge in [0.05, 0.1) is 13.5 Å². The van der Waals surface area contributed by atoms with Gasteiger partial charge in [-0.15, -0.1) is 0 Å². The molecule has 0 radical (unpaired) electrons. The Bertz CT molecular complexity index is 249. The molecular formula is C11H21NO2S. The summed E-state index contributed by atoms with van der Waals surface area (Å²) < 4.78 is 4.78. The molecule has 1 heterocycles. The normalized spacial score (nSPS) is 31.7. The molecule has 0 aromatic heterocycles. The average Bonchev–Trinajstić information content (AvgIpc) is 2.48. The Hall–Kier alpha value is -0.220. The van der Waals surface area contributed by atoms with Gasteiger partial charge in [0, 0.05) is 16.2 Å². The van der Waals surface area contributed by atoms with Crippen molar-refractivity contribution in [3.05, 3.63) is 0 Å². The summed E-state index contributed by atoms with van der Waals surface area (Å²) in [6.07, 6.45) is 1.43. The third kappa shape index (κ3) is 2.31. The molecule has 0 spiro atoms. The fourth-order valence-electron chi connectivity index (χ4n) is 2.42. The minimum Gasteiger partial charge on any atom is -0.469 e. The second kappa shape index (κ2) is 4.34. The summed E-state index contributed by atoms with van der Waals surface area (Å²) in [6, 6.07) is 0. The molecule has 0 aliphatic carbocycles. The van der Waals surface area contributed by atoms with E-state index in [1.54, 1.807) is 0 Å². The topological polar surface area (TPSA) is 52.3 Å². The molecule has 4 heteroatoms. The fraction of sp³-hybridized carbons (Fsp3) is 0.909. The molecule has 1 aliphatic rings. The number of thioether (sulfide) groups is 1. The van der Waals surface area contributed by atoms with Crippen molar-refractivity contribution >= 4 is 17.7 Å². The Labute approximate surface area is 96.1 Å². The highest BCUT2D eigenvalue weighted by atomic mass is 32.2. The first kappa shape index (κ1) is 12.8. The zero-order chi connectivity index (χ0) is 11.7. The van der Waals surface area contributed by atoms with Gasteiger partial charge in [-0.25, -0.2) is 0 Å². The number of ether oxygens (including phenoxy) is 1. The van der Waals surface area contributed by atoms with Crippen molar-refractivity contribution in [3.63, 3.8) is 0 Å². The van der Waals surface area contributed by atoms with Gasteiger partial charge in [0.1, 0.15) is 0 Å². The maximum Gasteiger partial charge on any atom is 0.306 e. The van der Waals surface area contributed by atoms with Gasteiger partial charge in [-0.3, -0.25) is 4.79 Å². The second-order valence-corrected chi connectivity index (χ2v) is 6.34. The highest BCUT2D eigenvalue weighted by Crippen LogP contribution is 2.51. The number of esters is 1. The van der Waals surface area contributed by atoms with Gasteiger partial charge in [0.25, 0.3) is 0 Å². The maximum atomic E-state index is 11.5. The number of rotatable bonds is 3. The Morgan fingerprint density at radius 3 is 2.60 bits per heavy atom. The molecule has 0 aromatic carbocycles. The quantitative estimate of drug-likeness (QED) is 0.753. The van der Waals surface area contributed by atoms with E-state index >= 15 is 0 Å². The van der Waals surface area contributed by atoms with Crippen molar-refractivity contribution in [2.24, 2.45) is 11.1 Å². The molecule has 2 N–H and O–H groups in total. The Balaban J connectivity index is 2.92. The molecule has 1 fully saturated rings. The molecule has 0 amide bonds. The average molecular weight is 231 g/mol. The fourth-order valence-corrected chi connectivity index (χ4v) is 4.08. The van der Waals surface area contributed by atoms with E-state index in [-0.39, 0.29) is 16.9 Å². The monoisotopic (exact) mass is 231 g/mol. The predicted molar refractivity (Wildman–Crippen MR) is 63.9 cm³/mol. The van der Waals surface area contributed by atoms with Crippen molar-refractivity contribution in [1.29, 1.82) is 0 Å². The first-order valence-corrected chi connectivity index (χ1v) is 6.35. The first-order valence-electron chi connectivity index (χ1n) is 5.31. The molecule has 3 nitrogen and oxygen atoms in total. The summed E-state index contributed by atoms with van der Waals surface area (Å²) in [5, 5.41) is 0.414. The molecule has 0 aromatic rings. The molecule has 0 saturated carbocycles. The van der Waals surface area contributed by atoms with Gasteiger partial charge in [-0.2, -0.15) is 11.8 Å². The summed E-state index contributed by atoms with van der Waals surface area (Å²) in [5.74, 6) is 0.932. The lowest BCUT2D eigenvalue weighted by molar-refractivity contribution is -0.144. The number of hydrogen-bond donors (Lipinski definition) is 1. The van der Waals surface area contributed by atoms with E-state index in [4.69, 9.17) is 10.5 Å². The van der Waals surface area contributed by atoms with E-state index in [1.807, 2.05) is 25.6 Å². The third-order valence-electron chi connectivity index (χ3n) is 3.66. The SMILES string of the molecule is COC(=O)CC1(C(C)(C)N)CCSC1C. The largest absolute Gasteiger partial charge is 0.469 e. The Morgan fingerprint density at radius 1 is 1.67 bits per heavy atom. The molecule has 0 bridgehead atoms. The lowest BCUT2D eigenvalue weighted by atomic mass is 9.66. The summed E-state index contributed by atoms with van der Waals surface area (Å²) in [6.45, 7) is 6.19. The second-order valence-electron chi connectivity index (χ2n) is 4.89. The van der Waals surface area contributed by atoms with Crippen molar-refractivity contribution < 1.29 is 9.53 Å². The van der Waals surface area contributed by atoms with E-state index in [2.05, 4.69) is 6.92 Å². The standard InChI is InChI=1S/C11H21NO2S/c1-8-11(5-6-15-8,10(2,3)12)7-9(13)14-4/h8H,5-7,12H2,1-4H3. The van der Waals surface area contributed by atoms with E-state index in [0.717, 1.165) is 12.2 Å². The van der Waals surface area contributed by atoms with Crippen LogP contribution in [0.2, 0.25) is 0 Å². The minimum absolute atomic E-state index is 0.120. The molecule has 88 valence electrons. The summed E-state index contributed by atoms with van der Waals surface area (Å²) in [7, 11) is 1.44. The number of hydrogen-bond acceptors (Lipinski definition) is 4. The molecule has 2 atom stereocenters. The summed E-state index contributed by atoms with van der Waals surface area (Å²) in [4.78, 5) is 11.5. The maximum absolute atomic E-state index is 11.5. The van der Waals surface area contributed by atoms with Crippen molar-refractivity contribution in [3.8, 4) is 0 Å². The lowest BCUT2D eigenvalue weighted by Gasteiger charge is -2.43. The minimum atomic E-state index is -0.343. The number of carbonyl (C=O) groups is 1. The first-order chi connectivity index (χ1) is 6.83. The molecule has 1 rings (SSSR count). The Morgan fingerprint density at radius 2 is 2.27 bits per heavy atom. The Kier molecular flexibility index (Phi) is 3.71. The van der Waals surface area contributed by atoms with Crippen LogP contribution in [0.1, 0.15) is 33.6 Å². The van der Waals surface area contributed by atoms with Gasteiger partial charge >= 0.3 is 5.97 Å². The van der Waals surface area contributed by atoms with E-state index in [9.17, 15) is 4.79 Å². The van der Waals surface area contributed by atoms with Crippen LogP contribution in [-0.2, 0) is 9.53 Å². The van der Waals surface area contributed by atoms with Crippen LogP contribution in [0.3, 0.4) is 0 Å². The number of carbonyl (C=O) groups excluding carboxylic acids is 1. The molecular weight excluding hydrogens is 210 g/mol. The molecule has 1 aliphatic heterocycles. The van der Waals surface area contributed by atoms with Crippen LogP contribution in [0, 0.1) is 5.41 Å². The van der Waals surface area contributed by atoms with Crippen molar-refractivity contribution in [2.75, 3.05) is 12.9 Å². The van der Waals surface area contributed by atoms with Crippen LogP contribution >= 0.6 is 11.8 Å². The smallest absolute Gasteiger partial charge is 0.306 e. The molecule has 1 saturated heterocycles.